The fourth-order valence-electron chi connectivity index (χ4n) is 0.939. The Hall–Kier alpha value is -0.380. The molecule has 2 nitrogen and oxygen atoms in total. The average molecular weight is 171 g/mol. The zero-order chi connectivity index (χ0) is 7.94. The van der Waals surface area contributed by atoms with Crippen molar-refractivity contribution < 1.29 is 4.84 Å². The quantitative estimate of drug-likeness (QED) is 0.543. The van der Waals surface area contributed by atoms with E-state index in [0.717, 1.165) is 19.3 Å². The molecule has 0 unspecified atom stereocenters. The molecule has 0 saturated heterocycles. The summed E-state index contributed by atoms with van der Waals surface area (Å²) in [7, 11) is 0. The molecular weight excluding hydrogens is 158 g/mol. The van der Waals surface area contributed by atoms with Crippen molar-refractivity contribution in [2.45, 2.75) is 19.3 Å². The molecule has 0 fully saturated rings. The molecule has 0 aliphatic heterocycles. The van der Waals surface area contributed by atoms with Crippen LogP contribution in [-0.4, -0.2) is 6.61 Å². The molecule has 0 aliphatic rings. The van der Waals surface area contributed by atoms with Gasteiger partial charge in [0.25, 0.3) is 0 Å². The summed E-state index contributed by atoms with van der Waals surface area (Å²) >= 11 is 1.81. The van der Waals surface area contributed by atoms with Crippen LogP contribution in [0.15, 0.2) is 17.5 Å². The lowest BCUT2D eigenvalue weighted by Crippen LogP contribution is -2.00. The Bertz CT molecular complexity index is 174. The Kier molecular flexibility index (Phi) is 4.19. The van der Waals surface area contributed by atoms with Gasteiger partial charge in [-0.25, -0.2) is 5.90 Å². The van der Waals surface area contributed by atoms with Crippen LogP contribution in [0.2, 0.25) is 0 Å². The van der Waals surface area contributed by atoms with E-state index in [2.05, 4.69) is 22.4 Å². The monoisotopic (exact) mass is 171 g/mol. The van der Waals surface area contributed by atoms with Crippen molar-refractivity contribution in [1.29, 1.82) is 0 Å². The van der Waals surface area contributed by atoms with Gasteiger partial charge in [0.2, 0.25) is 0 Å². The molecule has 1 rings (SSSR count). The third-order valence-corrected chi connectivity index (χ3v) is 2.45. The third kappa shape index (κ3) is 3.51. The number of aryl methyl sites for hydroxylation is 1. The van der Waals surface area contributed by atoms with E-state index in [1.165, 1.54) is 4.88 Å². The summed E-state index contributed by atoms with van der Waals surface area (Å²) < 4.78 is 0. The van der Waals surface area contributed by atoms with Gasteiger partial charge in [-0.2, -0.15) is 0 Å². The lowest BCUT2D eigenvalue weighted by molar-refractivity contribution is 0.134. The van der Waals surface area contributed by atoms with Gasteiger partial charge in [0.1, 0.15) is 0 Å². The number of nitrogens with two attached hydrogens (primary N) is 1. The van der Waals surface area contributed by atoms with Gasteiger partial charge in [0.15, 0.2) is 0 Å². The molecule has 2 N–H and O–H groups in total. The highest BCUT2D eigenvalue weighted by Gasteiger charge is 1.92. The first-order valence-electron chi connectivity index (χ1n) is 3.77. The van der Waals surface area contributed by atoms with Crippen molar-refractivity contribution >= 4 is 11.3 Å². The van der Waals surface area contributed by atoms with Crippen LogP contribution in [0.4, 0.5) is 0 Å². The number of rotatable bonds is 5. The Labute approximate surface area is 70.9 Å². The van der Waals surface area contributed by atoms with Crippen molar-refractivity contribution in [3.8, 4) is 0 Å². The lowest BCUT2D eigenvalue weighted by atomic mass is 10.2. The van der Waals surface area contributed by atoms with Crippen LogP contribution in [0.5, 0.6) is 0 Å². The van der Waals surface area contributed by atoms with Gasteiger partial charge in [-0.05, 0) is 30.7 Å². The maximum atomic E-state index is 4.89. The van der Waals surface area contributed by atoms with E-state index in [-0.39, 0.29) is 0 Å². The zero-order valence-electron chi connectivity index (χ0n) is 6.45. The summed E-state index contributed by atoms with van der Waals surface area (Å²) in [6.45, 7) is 0.672. The molecule has 0 aromatic carbocycles. The van der Waals surface area contributed by atoms with Crippen LogP contribution in [0.25, 0.3) is 0 Å². The summed E-state index contributed by atoms with van der Waals surface area (Å²) in [4.78, 5) is 5.91. The normalized spacial score (nSPS) is 10.3. The lowest BCUT2D eigenvalue weighted by Gasteiger charge is -1.96. The van der Waals surface area contributed by atoms with Crippen LogP contribution >= 0.6 is 11.3 Å². The van der Waals surface area contributed by atoms with Gasteiger partial charge < -0.3 is 4.84 Å². The second-order valence-electron chi connectivity index (χ2n) is 2.41. The molecule has 0 amide bonds. The van der Waals surface area contributed by atoms with Gasteiger partial charge >= 0.3 is 0 Å². The van der Waals surface area contributed by atoms with Gasteiger partial charge in [-0.15, -0.1) is 11.3 Å². The molecule has 11 heavy (non-hydrogen) atoms. The fraction of sp³-hybridized carbons (Fsp3) is 0.500. The summed E-state index contributed by atoms with van der Waals surface area (Å²) in [5.74, 6) is 4.89. The molecule has 3 heteroatoms. The smallest absolute Gasteiger partial charge is 0.0679 e. The Morgan fingerprint density at radius 2 is 2.36 bits per heavy atom. The van der Waals surface area contributed by atoms with Crippen LogP contribution in [0.1, 0.15) is 17.7 Å². The highest BCUT2D eigenvalue weighted by molar-refractivity contribution is 7.09. The Balaban J connectivity index is 2.04. The van der Waals surface area contributed by atoms with E-state index in [1.807, 2.05) is 11.3 Å². The average Bonchev–Trinajstić information content (AvgIpc) is 2.50. The van der Waals surface area contributed by atoms with Gasteiger partial charge in [0.05, 0.1) is 6.61 Å². The molecule has 0 radical (unpaired) electrons. The van der Waals surface area contributed by atoms with Crippen molar-refractivity contribution in [2.24, 2.45) is 5.90 Å². The molecule has 1 aromatic rings. The third-order valence-electron chi connectivity index (χ3n) is 1.52. The molecule has 1 aromatic heterocycles. The highest BCUT2D eigenvalue weighted by atomic mass is 32.1. The van der Waals surface area contributed by atoms with Crippen LogP contribution in [0, 0.1) is 0 Å². The second-order valence-corrected chi connectivity index (χ2v) is 3.44. The van der Waals surface area contributed by atoms with Crippen molar-refractivity contribution in [2.75, 3.05) is 6.61 Å². The summed E-state index contributed by atoms with van der Waals surface area (Å²) in [6.07, 6.45) is 3.37. The van der Waals surface area contributed by atoms with Gasteiger partial charge in [-0.1, -0.05) is 6.07 Å². The number of hydrogen-bond acceptors (Lipinski definition) is 3. The molecule has 0 atom stereocenters. The van der Waals surface area contributed by atoms with Crippen molar-refractivity contribution in [3.05, 3.63) is 22.4 Å². The van der Waals surface area contributed by atoms with E-state index >= 15 is 0 Å². The minimum absolute atomic E-state index is 0.672. The van der Waals surface area contributed by atoms with Gasteiger partial charge in [0, 0.05) is 4.88 Å². The van der Waals surface area contributed by atoms with E-state index in [9.17, 15) is 0 Å². The maximum Gasteiger partial charge on any atom is 0.0679 e. The number of unbranched alkanes of at least 4 members (excludes halogenated alkanes) is 1. The van der Waals surface area contributed by atoms with Crippen molar-refractivity contribution in [1.82, 2.24) is 0 Å². The predicted octanol–water partition coefficient (Wildman–Crippen LogP) is 1.96. The molecule has 0 spiro atoms. The first-order valence-corrected chi connectivity index (χ1v) is 4.65. The molecule has 0 saturated carbocycles. The fourth-order valence-corrected chi connectivity index (χ4v) is 1.69. The van der Waals surface area contributed by atoms with E-state index in [1.54, 1.807) is 0 Å². The number of thiophene rings is 1. The van der Waals surface area contributed by atoms with E-state index < -0.39 is 0 Å². The van der Waals surface area contributed by atoms with Crippen LogP contribution in [-0.2, 0) is 11.3 Å². The zero-order valence-corrected chi connectivity index (χ0v) is 7.27. The first kappa shape index (κ1) is 8.71. The molecule has 0 aliphatic carbocycles. The summed E-state index contributed by atoms with van der Waals surface area (Å²) in [5, 5.41) is 2.11. The second kappa shape index (κ2) is 5.29. The number of hydrogen-bond donors (Lipinski definition) is 1. The summed E-state index contributed by atoms with van der Waals surface area (Å²) in [5.41, 5.74) is 0. The molecule has 1 heterocycles. The largest absolute Gasteiger partial charge is 0.305 e. The van der Waals surface area contributed by atoms with Gasteiger partial charge in [-0.3, -0.25) is 0 Å². The summed E-state index contributed by atoms with van der Waals surface area (Å²) in [6, 6.07) is 4.24. The van der Waals surface area contributed by atoms with Crippen LogP contribution in [0.3, 0.4) is 0 Å². The minimum atomic E-state index is 0.672. The molecular formula is C8H13NOS. The molecule has 62 valence electrons. The van der Waals surface area contributed by atoms with Crippen LogP contribution < -0.4 is 5.90 Å². The predicted molar refractivity (Wildman–Crippen MR) is 47.4 cm³/mol. The van der Waals surface area contributed by atoms with Crippen molar-refractivity contribution in [3.63, 3.8) is 0 Å². The first-order chi connectivity index (χ1) is 5.43. The molecule has 0 bridgehead atoms. The van der Waals surface area contributed by atoms with E-state index in [0.29, 0.717) is 6.61 Å². The standard InChI is InChI=1S/C8H13NOS/c9-10-6-2-1-4-8-5-3-7-11-8/h3,5,7H,1-2,4,6,9H2. The Morgan fingerprint density at radius 3 is 3.00 bits per heavy atom. The van der Waals surface area contributed by atoms with E-state index in [4.69, 9.17) is 5.90 Å². The highest BCUT2D eigenvalue weighted by Crippen LogP contribution is 2.11. The minimum Gasteiger partial charge on any atom is -0.305 e. The topological polar surface area (TPSA) is 35.2 Å². The Morgan fingerprint density at radius 1 is 1.45 bits per heavy atom. The SMILES string of the molecule is NOCCCCc1cccs1. The maximum absolute atomic E-state index is 4.89.